The molecule has 0 aliphatic rings. The first-order valence-electron chi connectivity index (χ1n) is 6.19. The Kier molecular flexibility index (Phi) is 2.56. The monoisotopic (exact) mass is 253 g/mol. The molecule has 19 heavy (non-hydrogen) atoms. The highest BCUT2D eigenvalue weighted by Gasteiger charge is 2.10. The smallest absolute Gasteiger partial charge is 0.159 e. The van der Waals surface area contributed by atoms with Gasteiger partial charge in [0, 0.05) is 34.4 Å². The van der Waals surface area contributed by atoms with Gasteiger partial charge in [-0.15, -0.1) is 0 Å². The van der Waals surface area contributed by atoms with Crippen molar-refractivity contribution in [1.82, 2.24) is 4.57 Å². The van der Waals surface area contributed by atoms with Crippen molar-refractivity contribution >= 4 is 27.6 Å². The van der Waals surface area contributed by atoms with E-state index in [1.54, 1.807) is 14.0 Å². The number of carbonyl (C=O) groups is 1. The Labute approximate surface area is 111 Å². The Morgan fingerprint density at radius 3 is 2.32 bits per heavy atom. The van der Waals surface area contributed by atoms with Gasteiger partial charge in [-0.2, -0.15) is 0 Å². The average molecular weight is 253 g/mol. The van der Waals surface area contributed by atoms with Gasteiger partial charge in [0.15, 0.2) is 5.78 Å². The van der Waals surface area contributed by atoms with Gasteiger partial charge in [-0.05, 0) is 43.3 Å². The van der Waals surface area contributed by atoms with Gasteiger partial charge in [0.25, 0.3) is 0 Å². The Bertz CT molecular complexity index is 799. The fraction of sp³-hybridized carbons (Fsp3) is 0.188. The number of Topliss-reactive ketones (excluding diaryl/α,β-unsaturated/α-hetero) is 1. The van der Waals surface area contributed by atoms with Crippen LogP contribution >= 0.6 is 0 Å². The number of carbonyl (C=O) groups excluding carboxylic acids is 1. The zero-order chi connectivity index (χ0) is 13.6. The van der Waals surface area contributed by atoms with E-state index in [1.807, 2.05) is 43.4 Å². The van der Waals surface area contributed by atoms with E-state index in [0.29, 0.717) is 0 Å². The molecule has 0 spiro atoms. The third-order valence-electron chi connectivity index (χ3n) is 3.62. The van der Waals surface area contributed by atoms with Crippen LogP contribution in [0, 0.1) is 0 Å². The SMILES string of the molecule is COc1ccc2c(c1)c1cc(C(C)=O)ccc1n2C. The minimum absolute atomic E-state index is 0.0850. The van der Waals surface area contributed by atoms with E-state index in [1.165, 1.54) is 0 Å². The van der Waals surface area contributed by atoms with Gasteiger partial charge in [-0.25, -0.2) is 0 Å². The molecule has 0 saturated carbocycles. The second kappa shape index (κ2) is 4.12. The van der Waals surface area contributed by atoms with Gasteiger partial charge in [0.05, 0.1) is 7.11 Å². The summed E-state index contributed by atoms with van der Waals surface area (Å²) in [6.45, 7) is 1.59. The number of rotatable bonds is 2. The lowest BCUT2D eigenvalue weighted by atomic mass is 10.1. The molecule has 3 nitrogen and oxygen atoms in total. The number of methoxy groups -OCH3 is 1. The number of fused-ring (bicyclic) bond motifs is 3. The summed E-state index contributed by atoms with van der Waals surface area (Å²) in [6.07, 6.45) is 0. The van der Waals surface area contributed by atoms with Crippen LogP contribution in [0.15, 0.2) is 36.4 Å². The molecule has 0 bridgehead atoms. The lowest BCUT2D eigenvalue weighted by Gasteiger charge is -2.00. The van der Waals surface area contributed by atoms with E-state index in [0.717, 1.165) is 33.1 Å². The van der Waals surface area contributed by atoms with E-state index < -0.39 is 0 Å². The minimum atomic E-state index is 0.0850. The number of aromatic nitrogens is 1. The summed E-state index contributed by atoms with van der Waals surface area (Å²) in [5.41, 5.74) is 2.99. The van der Waals surface area contributed by atoms with Gasteiger partial charge in [-0.1, -0.05) is 0 Å². The standard InChI is InChI=1S/C16H15NO2/c1-10(18)11-4-6-15-13(8-11)14-9-12(19-3)5-7-16(14)17(15)2/h4-9H,1-3H3. The molecular weight excluding hydrogens is 238 g/mol. The molecule has 0 aliphatic carbocycles. The quantitative estimate of drug-likeness (QED) is 0.654. The minimum Gasteiger partial charge on any atom is -0.497 e. The summed E-state index contributed by atoms with van der Waals surface area (Å²) in [5, 5.41) is 2.20. The van der Waals surface area contributed by atoms with E-state index in [2.05, 4.69) is 4.57 Å². The molecule has 3 rings (SSSR count). The summed E-state index contributed by atoms with van der Waals surface area (Å²) in [4.78, 5) is 11.5. The summed E-state index contributed by atoms with van der Waals surface area (Å²) in [6, 6.07) is 11.8. The van der Waals surface area contributed by atoms with Crippen molar-refractivity contribution in [3.8, 4) is 5.75 Å². The summed E-state index contributed by atoms with van der Waals surface area (Å²) in [5.74, 6) is 0.912. The number of ether oxygens (including phenoxy) is 1. The third-order valence-corrected chi connectivity index (χ3v) is 3.62. The molecule has 0 radical (unpaired) electrons. The number of hydrogen-bond donors (Lipinski definition) is 0. The first kappa shape index (κ1) is 11.8. The highest BCUT2D eigenvalue weighted by molar-refractivity contribution is 6.11. The molecule has 1 aromatic heterocycles. The second-order valence-electron chi connectivity index (χ2n) is 4.73. The van der Waals surface area contributed by atoms with Crippen LogP contribution in [0.3, 0.4) is 0 Å². The van der Waals surface area contributed by atoms with Crippen molar-refractivity contribution < 1.29 is 9.53 Å². The Balaban J connectivity index is 2.44. The van der Waals surface area contributed by atoms with E-state index in [9.17, 15) is 4.79 Å². The molecule has 2 aromatic carbocycles. The van der Waals surface area contributed by atoms with E-state index in [-0.39, 0.29) is 5.78 Å². The maximum atomic E-state index is 11.5. The molecular formula is C16H15NO2. The van der Waals surface area contributed by atoms with Gasteiger partial charge >= 0.3 is 0 Å². The number of nitrogens with zero attached hydrogens (tertiary/aromatic N) is 1. The zero-order valence-corrected chi connectivity index (χ0v) is 11.2. The highest BCUT2D eigenvalue weighted by Crippen LogP contribution is 2.31. The van der Waals surface area contributed by atoms with Crippen molar-refractivity contribution in [2.45, 2.75) is 6.92 Å². The van der Waals surface area contributed by atoms with Crippen LogP contribution in [-0.2, 0) is 7.05 Å². The molecule has 3 aromatic rings. The van der Waals surface area contributed by atoms with Crippen LogP contribution in [0.4, 0.5) is 0 Å². The number of hydrogen-bond acceptors (Lipinski definition) is 2. The van der Waals surface area contributed by atoms with Crippen LogP contribution in [-0.4, -0.2) is 17.5 Å². The molecule has 1 heterocycles. The summed E-state index contributed by atoms with van der Waals surface area (Å²) < 4.78 is 7.41. The van der Waals surface area contributed by atoms with Crippen molar-refractivity contribution in [3.63, 3.8) is 0 Å². The molecule has 0 atom stereocenters. The van der Waals surface area contributed by atoms with Gasteiger partial charge in [-0.3, -0.25) is 4.79 Å². The van der Waals surface area contributed by atoms with Crippen molar-refractivity contribution in [1.29, 1.82) is 0 Å². The maximum absolute atomic E-state index is 11.5. The fourth-order valence-corrected chi connectivity index (χ4v) is 2.54. The highest BCUT2D eigenvalue weighted by atomic mass is 16.5. The molecule has 0 fully saturated rings. The first-order valence-corrected chi connectivity index (χ1v) is 6.19. The van der Waals surface area contributed by atoms with Gasteiger partial charge < -0.3 is 9.30 Å². The maximum Gasteiger partial charge on any atom is 0.159 e. The Hall–Kier alpha value is -2.29. The van der Waals surface area contributed by atoms with Crippen LogP contribution in [0.1, 0.15) is 17.3 Å². The van der Waals surface area contributed by atoms with Crippen LogP contribution in [0.2, 0.25) is 0 Å². The molecule has 0 aliphatic heterocycles. The third kappa shape index (κ3) is 1.70. The summed E-state index contributed by atoms with van der Waals surface area (Å²) in [7, 11) is 3.69. The Morgan fingerprint density at radius 1 is 1.05 bits per heavy atom. The van der Waals surface area contributed by atoms with Gasteiger partial charge in [0.1, 0.15) is 5.75 Å². The Morgan fingerprint density at radius 2 is 1.68 bits per heavy atom. The van der Waals surface area contributed by atoms with Crippen molar-refractivity contribution in [3.05, 3.63) is 42.0 Å². The molecule has 0 saturated heterocycles. The topological polar surface area (TPSA) is 31.2 Å². The number of ketones is 1. The van der Waals surface area contributed by atoms with Crippen molar-refractivity contribution in [2.75, 3.05) is 7.11 Å². The average Bonchev–Trinajstić information content (AvgIpc) is 2.71. The molecule has 0 unspecified atom stereocenters. The summed E-state index contributed by atoms with van der Waals surface area (Å²) >= 11 is 0. The predicted molar refractivity (Wildman–Crippen MR) is 77.0 cm³/mol. The molecule has 0 amide bonds. The lowest BCUT2D eigenvalue weighted by Crippen LogP contribution is -1.91. The van der Waals surface area contributed by atoms with Crippen LogP contribution in [0.25, 0.3) is 21.8 Å². The largest absolute Gasteiger partial charge is 0.497 e. The van der Waals surface area contributed by atoms with E-state index >= 15 is 0 Å². The van der Waals surface area contributed by atoms with Gasteiger partial charge in [0.2, 0.25) is 0 Å². The normalized spacial score (nSPS) is 11.1. The fourth-order valence-electron chi connectivity index (χ4n) is 2.54. The van der Waals surface area contributed by atoms with E-state index in [4.69, 9.17) is 4.74 Å². The number of aryl methyl sites for hydroxylation is 1. The molecule has 3 heteroatoms. The van der Waals surface area contributed by atoms with Crippen molar-refractivity contribution in [2.24, 2.45) is 7.05 Å². The predicted octanol–water partition coefficient (Wildman–Crippen LogP) is 3.54. The zero-order valence-electron chi connectivity index (χ0n) is 11.2. The number of benzene rings is 2. The van der Waals surface area contributed by atoms with Crippen LogP contribution < -0.4 is 4.74 Å². The molecule has 0 N–H and O–H groups in total. The second-order valence-corrected chi connectivity index (χ2v) is 4.73. The molecule has 96 valence electrons. The van der Waals surface area contributed by atoms with Crippen LogP contribution in [0.5, 0.6) is 5.75 Å². The lowest BCUT2D eigenvalue weighted by molar-refractivity contribution is 0.101. The first-order chi connectivity index (χ1) is 9.11.